The molecule has 92 valence electrons. The Hall–Kier alpha value is -2.02. The molecule has 2 aromatic rings. The monoisotopic (exact) mass is 310 g/mol. The summed E-state index contributed by atoms with van der Waals surface area (Å²) in [5.41, 5.74) is 5.54. The number of rotatable bonds is 2. The normalized spacial score (nSPS) is 10.1. The number of hydrogen-bond donors (Lipinski definition) is 2. The second-order valence-corrected chi connectivity index (χ2v) is 4.27. The van der Waals surface area contributed by atoms with Crippen LogP contribution < -0.4 is 11.1 Å². The third-order valence-corrected chi connectivity index (χ3v) is 2.80. The fourth-order valence-corrected chi connectivity index (χ4v) is 1.79. The summed E-state index contributed by atoms with van der Waals surface area (Å²) in [6.07, 6.45) is 1.49. The van der Waals surface area contributed by atoms with E-state index >= 15 is 0 Å². The SMILES string of the molecule is Nc1cc(C(=O)Nc2cccnn2)c(Br)cc1F. The number of hydrogen-bond acceptors (Lipinski definition) is 4. The van der Waals surface area contributed by atoms with Crippen molar-refractivity contribution in [3.05, 3.63) is 46.3 Å². The van der Waals surface area contributed by atoms with Crippen LogP contribution in [0, 0.1) is 5.82 Å². The number of nitrogens with one attached hydrogen (secondary N) is 1. The number of nitrogens with two attached hydrogens (primary N) is 1. The molecule has 0 atom stereocenters. The smallest absolute Gasteiger partial charge is 0.258 e. The van der Waals surface area contributed by atoms with Crippen LogP contribution in [0.15, 0.2) is 34.9 Å². The number of halogens is 2. The highest BCUT2D eigenvalue weighted by Crippen LogP contribution is 2.23. The highest BCUT2D eigenvalue weighted by molar-refractivity contribution is 9.10. The molecule has 3 N–H and O–H groups in total. The number of benzene rings is 1. The predicted molar refractivity (Wildman–Crippen MR) is 68.5 cm³/mol. The Kier molecular flexibility index (Phi) is 3.52. The zero-order chi connectivity index (χ0) is 13.1. The Morgan fingerprint density at radius 1 is 1.44 bits per heavy atom. The number of carbonyl (C=O) groups is 1. The molecule has 1 aromatic heterocycles. The first-order valence-electron chi connectivity index (χ1n) is 4.91. The lowest BCUT2D eigenvalue weighted by atomic mass is 10.2. The molecular weight excluding hydrogens is 303 g/mol. The number of carbonyl (C=O) groups excluding carboxylic acids is 1. The van der Waals surface area contributed by atoms with Gasteiger partial charge in [0, 0.05) is 10.7 Å². The van der Waals surface area contributed by atoms with Crippen molar-refractivity contribution in [3.8, 4) is 0 Å². The van der Waals surface area contributed by atoms with Crippen molar-refractivity contribution >= 4 is 33.3 Å². The Morgan fingerprint density at radius 2 is 2.22 bits per heavy atom. The summed E-state index contributed by atoms with van der Waals surface area (Å²) in [7, 11) is 0. The summed E-state index contributed by atoms with van der Waals surface area (Å²) in [4.78, 5) is 11.9. The molecule has 0 spiro atoms. The molecule has 1 aromatic carbocycles. The van der Waals surface area contributed by atoms with Crippen LogP contribution in [0.1, 0.15) is 10.4 Å². The van der Waals surface area contributed by atoms with Gasteiger partial charge in [-0.2, -0.15) is 5.10 Å². The third kappa shape index (κ3) is 2.62. The lowest BCUT2D eigenvalue weighted by Crippen LogP contribution is -2.14. The fraction of sp³-hybridized carbons (Fsp3) is 0. The van der Waals surface area contributed by atoms with Gasteiger partial charge in [0.15, 0.2) is 5.82 Å². The second-order valence-electron chi connectivity index (χ2n) is 3.42. The minimum atomic E-state index is -0.585. The van der Waals surface area contributed by atoms with Crippen molar-refractivity contribution in [2.24, 2.45) is 0 Å². The van der Waals surface area contributed by atoms with E-state index < -0.39 is 11.7 Å². The van der Waals surface area contributed by atoms with Gasteiger partial charge in [-0.15, -0.1) is 5.10 Å². The predicted octanol–water partition coefficient (Wildman–Crippen LogP) is 2.21. The van der Waals surface area contributed by atoms with Gasteiger partial charge >= 0.3 is 0 Å². The van der Waals surface area contributed by atoms with E-state index in [4.69, 9.17) is 5.73 Å². The van der Waals surface area contributed by atoms with Crippen LogP contribution in [-0.4, -0.2) is 16.1 Å². The molecular formula is C11H8BrFN4O. The van der Waals surface area contributed by atoms with Crippen LogP contribution >= 0.6 is 15.9 Å². The van der Waals surface area contributed by atoms with E-state index in [1.807, 2.05) is 0 Å². The van der Waals surface area contributed by atoms with Gasteiger partial charge in [0.1, 0.15) is 5.82 Å². The van der Waals surface area contributed by atoms with Gasteiger partial charge in [-0.3, -0.25) is 4.79 Å². The van der Waals surface area contributed by atoms with E-state index in [2.05, 4.69) is 31.4 Å². The second kappa shape index (κ2) is 5.09. The highest BCUT2D eigenvalue weighted by atomic mass is 79.9. The lowest BCUT2D eigenvalue weighted by molar-refractivity contribution is 0.102. The quantitative estimate of drug-likeness (QED) is 0.833. The van der Waals surface area contributed by atoms with Crippen LogP contribution in [0.4, 0.5) is 15.9 Å². The van der Waals surface area contributed by atoms with Crippen molar-refractivity contribution in [1.82, 2.24) is 10.2 Å². The molecule has 5 nitrogen and oxygen atoms in total. The molecule has 1 amide bonds. The number of nitrogens with zero attached hydrogens (tertiary/aromatic N) is 2. The van der Waals surface area contributed by atoms with Gasteiger partial charge in [-0.25, -0.2) is 4.39 Å². The van der Waals surface area contributed by atoms with Crippen molar-refractivity contribution < 1.29 is 9.18 Å². The summed E-state index contributed by atoms with van der Waals surface area (Å²) in [6.45, 7) is 0. The Balaban J connectivity index is 2.27. The molecule has 0 bridgehead atoms. The van der Waals surface area contributed by atoms with Crippen LogP contribution in [0.3, 0.4) is 0 Å². The Labute approximate surface area is 110 Å². The molecule has 0 radical (unpaired) electrons. The topological polar surface area (TPSA) is 80.9 Å². The Morgan fingerprint density at radius 3 is 2.89 bits per heavy atom. The van der Waals surface area contributed by atoms with Crippen molar-refractivity contribution in [2.45, 2.75) is 0 Å². The van der Waals surface area contributed by atoms with E-state index in [1.165, 1.54) is 12.3 Å². The average Bonchev–Trinajstić information content (AvgIpc) is 2.35. The largest absolute Gasteiger partial charge is 0.396 e. The summed E-state index contributed by atoms with van der Waals surface area (Å²) >= 11 is 3.10. The zero-order valence-electron chi connectivity index (χ0n) is 9.02. The van der Waals surface area contributed by atoms with E-state index in [0.29, 0.717) is 10.3 Å². The van der Waals surface area contributed by atoms with Crippen molar-refractivity contribution in [3.63, 3.8) is 0 Å². The van der Waals surface area contributed by atoms with E-state index in [0.717, 1.165) is 6.07 Å². The average molecular weight is 311 g/mol. The minimum absolute atomic E-state index is 0.0949. The van der Waals surface area contributed by atoms with E-state index in [1.54, 1.807) is 12.1 Å². The maximum Gasteiger partial charge on any atom is 0.258 e. The number of nitrogen functional groups attached to an aromatic ring is 1. The first kappa shape index (κ1) is 12.4. The molecule has 0 aliphatic carbocycles. The summed E-state index contributed by atoms with van der Waals surface area (Å²) < 4.78 is 13.5. The minimum Gasteiger partial charge on any atom is -0.396 e. The molecule has 1 heterocycles. The van der Waals surface area contributed by atoms with Gasteiger partial charge in [0.2, 0.25) is 0 Å². The van der Waals surface area contributed by atoms with Gasteiger partial charge in [-0.1, -0.05) is 0 Å². The first-order chi connectivity index (χ1) is 8.58. The summed E-state index contributed by atoms with van der Waals surface area (Å²) in [5.74, 6) is -0.732. The Bertz CT molecular complexity index is 591. The number of amides is 1. The van der Waals surface area contributed by atoms with Gasteiger partial charge in [0.05, 0.1) is 11.3 Å². The van der Waals surface area contributed by atoms with Gasteiger partial charge in [-0.05, 0) is 40.2 Å². The maximum atomic E-state index is 13.1. The molecule has 0 saturated carbocycles. The third-order valence-electron chi connectivity index (χ3n) is 2.14. The molecule has 0 aliphatic rings. The van der Waals surface area contributed by atoms with Gasteiger partial charge in [0.25, 0.3) is 5.91 Å². The van der Waals surface area contributed by atoms with E-state index in [9.17, 15) is 9.18 Å². The number of aromatic nitrogens is 2. The molecule has 0 saturated heterocycles. The fourth-order valence-electron chi connectivity index (χ4n) is 1.29. The molecule has 18 heavy (non-hydrogen) atoms. The van der Waals surface area contributed by atoms with Crippen LogP contribution in [0.2, 0.25) is 0 Å². The number of anilines is 2. The first-order valence-corrected chi connectivity index (χ1v) is 5.71. The molecule has 2 rings (SSSR count). The lowest BCUT2D eigenvalue weighted by Gasteiger charge is -2.07. The molecule has 0 unspecified atom stereocenters. The summed E-state index contributed by atoms with van der Waals surface area (Å²) in [5, 5.41) is 9.86. The van der Waals surface area contributed by atoms with Crippen LogP contribution in [0.25, 0.3) is 0 Å². The standard InChI is InChI=1S/C11H8BrFN4O/c12-7-5-8(13)9(14)4-6(7)11(18)16-10-2-1-3-15-17-10/h1-5H,14H2,(H,16,17,18). The molecule has 0 aliphatic heterocycles. The maximum absolute atomic E-state index is 13.1. The molecule has 7 heteroatoms. The zero-order valence-corrected chi connectivity index (χ0v) is 10.6. The highest BCUT2D eigenvalue weighted by Gasteiger charge is 2.13. The van der Waals surface area contributed by atoms with Crippen LogP contribution in [0.5, 0.6) is 0 Å². The van der Waals surface area contributed by atoms with E-state index in [-0.39, 0.29) is 11.3 Å². The van der Waals surface area contributed by atoms with Gasteiger partial charge < -0.3 is 11.1 Å². The summed E-state index contributed by atoms with van der Waals surface area (Å²) in [6, 6.07) is 5.62. The van der Waals surface area contributed by atoms with Crippen LogP contribution in [-0.2, 0) is 0 Å². The van der Waals surface area contributed by atoms with Crippen molar-refractivity contribution in [1.29, 1.82) is 0 Å². The molecule has 0 fully saturated rings. The van der Waals surface area contributed by atoms with Crippen molar-refractivity contribution in [2.75, 3.05) is 11.1 Å².